The maximum absolute atomic E-state index is 12.8. The van der Waals surface area contributed by atoms with Crippen LogP contribution in [0.2, 0.25) is 0 Å². The van der Waals surface area contributed by atoms with Crippen molar-refractivity contribution in [2.45, 2.75) is 19.8 Å². The summed E-state index contributed by atoms with van der Waals surface area (Å²) in [5.41, 5.74) is 1.19. The molecule has 146 valence electrons. The van der Waals surface area contributed by atoms with Crippen LogP contribution >= 0.6 is 11.3 Å². The topological polar surface area (TPSA) is 92.7 Å². The Hall–Kier alpha value is -2.93. The van der Waals surface area contributed by atoms with Crippen molar-refractivity contribution < 1.29 is 24.2 Å². The lowest BCUT2D eigenvalue weighted by Gasteiger charge is -2.24. The Morgan fingerprint density at radius 1 is 1.14 bits per heavy atom. The molecular formula is C21H21NO5S. The third kappa shape index (κ3) is 4.31. The number of carbonyl (C=O) groups is 3. The molecule has 0 aliphatic heterocycles. The lowest BCUT2D eigenvalue weighted by atomic mass is 9.82. The first kappa shape index (κ1) is 19.8. The molecule has 0 saturated carbocycles. The smallest absolute Gasteiger partial charge is 0.341 e. The molecule has 1 aromatic heterocycles. The summed E-state index contributed by atoms with van der Waals surface area (Å²) >= 11 is 1.27. The molecule has 2 atom stereocenters. The minimum absolute atomic E-state index is 0.219. The highest BCUT2D eigenvalue weighted by atomic mass is 32.1. The lowest BCUT2D eigenvalue weighted by Crippen LogP contribution is -2.34. The molecule has 0 saturated heterocycles. The van der Waals surface area contributed by atoms with E-state index in [1.807, 2.05) is 36.4 Å². The second-order valence-electron chi connectivity index (χ2n) is 6.42. The highest BCUT2D eigenvalue weighted by molar-refractivity contribution is 7.20. The second-order valence-corrected chi connectivity index (χ2v) is 7.48. The Morgan fingerprint density at radius 2 is 1.82 bits per heavy atom. The molecule has 28 heavy (non-hydrogen) atoms. The minimum atomic E-state index is -0.994. The van der Waals surface area contributed by atoms with Gasteiger partial charge in [0.25, 0.3) is 0 Å². The standard InChI is InChI=1S/C21H21NO5S/c1-2-27-21(26)16-12-17(13-8-4-3-5-9-13)28-19(16)22-18(23)14-10-6-7-11-15(14)20(24)25/h3-9,12,14-15H,2,10-11H2,1H3,(H,22,23)(H,24,25)/t14-,15-/m1/s1. The van der Waals surface area contributed by atoms with E-state index in [-0.39, 0.29) is 12.2 Å². The Balaban J connectivity index is 1.90. The van der Waals surface area contributed by atoms with Crippen LogP contribution in [0.5, 0.6) is 0 Å². The number of carbonyl (C=O) groups excluding carboxylic acids is 2. The highest BCUT2D eigenvalue weighted by Gasteiger charge is 2.34. The van der Waals surface area contributed by atoms with Crippen molar-refractivity contribution in [2.24, 2.45) is 11.8 Å². The maximum atomic E-state index is 12.8. The molecule has 1 aliphatic carbocycles. The number of thiophene rings is 1. The van der Waals surface area contributed by atoms with E-state index in [2.05, 4.69) is 5.32 Å². The average molecular weight is 399 g/mol. The van der Waals surface area contributed by atoms with Gasteiger partial charge in [-0.05, 0) is 31.4 Å². The second kappa shape index (κ2) is 8.84. The zero-order chi connectivity index (χ0) is 20.1. The fourth-order valence-electron chi connectivity index (χ4n) is 3.17. The summed E-state index contributed by atoms with van der Waals surface area (Å²) in [6.45, 7) is 1.93. The van der Waals surface area contributed by atoms with Crippen molar-refractivity contribution in [1.29, 1.82) is 0 Å². The van der Waals surface area contributed by atoms with Gasteiger partial charge in [-0.1, -0.05) is 42.5 Å². The molecule has 1 aliphatic rings. The summed E-state index contributed by atoms with van der Waals surface area (Å²) in [5.74, 6) is -3.37. The zero-order valence-electron chi connectivity index (χ0n) is 15.4. The molecule has 1 amide bonds. The van der Waals surface area contributed by atoms with Crippen molar-refractivity contribution in [3.63, 3.8) is 0 Å². The number of anilines is 1. The predicted octanol–water partition coefficient (Wildman–Crippen LogP) is 4.20. The molecule has 1 heterocycles. The van der Waals surface area contributed by atoms with Crippen molar-refractivity contribution in [2.75, 3.05) is 11.9 Å². The van der Waals surface area contributed by atoms with Gasteiger partial charge >= 0.3 is 11.9 Å². The maximum Gasteiger partial charge on any atom is 0.341 e. The summed E-state index contributed by atoms with van der Waals surface area (Å²) in [4.78, 5) is 37.5. The van der Waals surface area contributed by atoms with Gasteiger partial charge in [-0.25, -0.2) is 4.79 Å². The lowest BCUT2D eigenvalue weighted by molar-refractivity contribution is -0.146. The molecule has 0 unspecified atom stereocenters. The summed E-state index contributed by atoms with van der Waals surface area (Å²) < 4.78 is 5.12. The van der Waals surface area contributed by atoms with Crippen LogP contribution in [0.1, 0.15) is 30.1 Å². The average Bonchev–Trinajstić information content (AvgIpc) is 3.12. The van der Waals surface area contributed by atoms with Crippen LogP contribution < -0.4 is 5.32 Å². The quantitative estimate of drug-likeness (QED) is 0.561. The van der Waals surface area contributed by atoms with Crippen LogP contribution in [0.15, 0.2) is 48.6 Å². The van der Waals surface area contributed by atoms with Crippen molar-refractivity contribution in [1.82, 2.24) is 0 Å². The van der Waals surface area contributed by atoms with Crippen LogP contribution in [-0.4, -0.2) is 29.6 Å². The van der Waals surface area contributed by atoms with Crippen molar-refractivity contribution in [3.05, 3.63) is 54.1 Å². The number of hydrogen-bond donors (Lipinski definition) is 2. The third-order valence-electron chi connectivity index (χ3n) is 4.61. The number of ether oxygens (including phenoxy) is 1. The van der Waals surface area contributed by atoms with Crippen molar-refractivity contribution in [3.8, 4) is 10.4 Å². The third-order valence-corrected chi connectivity index (χ3v) is 5.71. The van der Waals surface area contributed by atoms with Crippen LogP contribution in [0.3, 0.4) is 0 Å². The van der Waals surface area contributed by atoms with E-state index in [4.69, 9.17) is 4.74 Å². The normalized spacial score (nSPS) is 18.5. The summed E-state index contributed by atoms with van der Waals surface area (Å²) in [5, 5.41) is 12.6. The summed E-state index contributed by atoms with van der Waals surface area (Å²) in [7, 11) is 0. The minimum Gasteiger partial charge on any atom is -0.481 e. The predicted molar refractivity (Wildman–Crippen MR) is 107 cm³/mol. The number of aliphatic carboxylic acids is 1. The molecule has 0 bridgehead atoms. The first-order valence-corrected chi connectivity index (χ1v) is 9.88. The van der Waals surface area contributed by atoms with Crippen LogP contribution in [-0.2, 0) is 14.3 Å². The fraction of sp³-hybridized carbons (Fsp3) is 0.286. The van der Waals surface area contributed by atoms with Crippen LogP contribution in [0.25, 0.3) is 10.4 Å². The van der Waals surface area contributed by atoms with Gasteiger partial charge in [-0.15, -0.1) is 11.3 Å². The Bertz CT molecular complexity index is 903. The number of rotatable bonds is 6. The van der Waals surface area contributed by atoms with E-state index in [1.165, 1.54) is 11.3 Å². The number of carboxylic acid groups (broad SMARTS) is 1. The molecule has 6 nitrogen and oxygen atoms in total. The Morgan fingerprint density at radius 3 is 2.46 bits per heavy atom. The molecule has 0 spiro atoms. The van der Waals surface area contributed by atoms with Gasteiger partial charge in [0.2, 0.25) is 5.91 Å². The number of hydrogen-bond acceptors (Lipinski definition) is 5. The summed E-state index contributed by atoms with van der Waals surface area (Å²) in [6.07, 6.45) is 4.28. The Kier molecular flexibility index (Phi) is 6.26. The molecule has 0 fully saturated rings. The first-order valence-electron chi connectivity index (χ1n) is 9.06. The summed E-state index contributed by atoms with van der Waals surface area (Å²) in [6, 6.07) is 11.2. The molecule has 3 rings (SSSR count). The number of nitrogens with one attached hydrogen (secondary N) is 1. The van der Waals surface area contributed by atoms with E-state index in [1.54, 1.807) is 19.1 Å². The highest BCUT2D eigenvalue weighted by Crippen LogP contribution is 2.37. The first-order chi connectivity index (χ1) is 13.5. The SMILES string of the molecule is CCOC(=O)c1cc(-c2ccccc2)sc1NC(=O)[C@@H]1CC=CC[C@H]1C(=O)O. The van der Waals surface area contributed by atoms with Crippen LogP contribution in [0, 0.1) is 11.8 Å². The number of amides is 1. The molecule has 0 radical (unpaired) electrons. The Labute approximate surface area is 166 Å². The largest absolute Gasteiger partial charge is 0.481 e. The monoisotopic (exact) mass is 399 g/mol. The van der Waals surface area contributed by atoms with E-state index in [0.717, 1.165) is 10.4 Å². The van der Waals surface area contributed by atoms with E-state index >= 15 is 0 Å². The number of benzene rings is 1. The van der Waals surface area contributed by atoms with Gasteiger partial charge in [0.15, 0.2) is 0 Å². The number of allylic oxidation sites excluding steroid dienone is 2. The molecular weight excluding hydrogens is 378 g/mol. The van der Waals surface area contributed by atoms with E-state index < -0.39 is 29.7 Å². The molecule has 1 aromatic carbocycles. The van der Waals surface area contributed by atoms with E-state index in [9.17, 15) is 19.5 Å². The number of esters is 1. The van der Waals surface area contributed by atoms with Gasteiger partial charge in [-0.2, -0.15) is 0 Å². The van der Waals surface area contributed by atoms with Crippen molar-refractivity contribution >= 4 is 34.2 Å². The van der Waals surface area contributed by atoms with Gasteiger partial charge in [0, 0.05) is 4.88 Å². The molecule has 2 aromatic rings. The van der Waals surface area contributed by atoms with E-state index in [0.29, 0.717) is 17.8 Å². The van der Waals surface area contributed by atoms with Gasteiger partial charge in [0.1, 0.15) is 5.00 Å². The van der Waals surface area contributed by atoms with Gasteiger partial charge < -0.3 is 15.2 Å². The van der Waals surface area contributed by atoms with Gasteiger partial charge in [-0.3, -0.25) is 9.59 Å². The van der Waals surface area contributed by atoms with Crippen LogP contribution in [0.4, 0.5) is 5.00 Å². The molecule has 2 N–H and O–H groups in total. The fourth-order valence-corrected chi connectivity index (χ4v) is 4.22. The molecule has 7 heteroatoms. The zero-order valence-corrected chi connectivity index (χ0v) is 16.2. The number of carboxylic acids is 1. The van der Waals surface area contributed by atoms with Gasteiger partial charge in [0.05, 0.1) is 24.0 Å².